The Kier molecular flexibility index (Phi) is 4.02. The van der Waals surface area contributed by atoms with E-state index in [0.29, 0.717) is 11.4 Å². The SMILES string of the molecule is Cc1cc(C)c(C(=O)O)c(NC(C)c2cc(C)oc2C)n1. The standard InChI is InChI=1S/C16H20N2O3/c1-8-6-9(2)17-15(14(8)16(19)20)18-11(4)13-7-10(3)21-12(13)5/h6-7,11H,1-5H3,(H,17,18)(H,19,20). The zero-order chi connectivity index (χ0) is 15.7. The molecule has 2 rings (SSSR count). The molecule has 0 amide bonds. The van der Waals surface area contributed by atoms with Gasteiger partial charge in [0.15, 0.2) is 0 Å². The molecule has 1 unspecified atom stereocenters. The molecule has 2 aromatic rings. The molecule has 0 spiro atoms. The van der Waals surface area contributed by atoms with Crippen LogP contribution < -0.4 is 5.32 Å². The van der Waals surface area contributed by atoms with Crippen LogP contribution in [0.15, 0.2) is 16.5 Å². The van der Waals surface area contributed by atoms with Crippen LogP contribution in [0.5, 0.6) is 0 Å². The summed E-state index contributed by atoms with van der Waals surface area (Å²) in [6.45, 7) is 9.37. The summed E-state index contributed by atoms with van der Waals surface area (Å²) < 4.78 is 5.52. The van der Waals surface area contributed by atoms with Crippen LogP contribution in [0, 0.1) is 27.7 Å². The highest BCUT2D eigenvalue weighted by Crippen LogP contribution is 2.27. The summed E-state index contributed by atoms with van der Waals surface area (Å²) in [6, 6.07) is 3.64. The number of anilines is 1. The van der Waals surface area contributed by atoms with Gasteiger partial charge in [0.1, 0.15) is 22.9 Å². The number of carboxylic acid groups (broad SMARTS) is 1. The number of carbonyl (C=O) groups is 1. The molecule has 21 heavy (non-hydrogen) atoms. The van der Waals surface area contributed by atoms with Crippen LogP contribution in [-0.4, -0.2) is 16.1 Å². The minimum absolute atomic E-state index is 0.0887. The predicted molar refractivity (Wildman–Crippen MR) is 80.9 cm³/mol. The van der Waals surface area contributed by atoms with Crippen molar-refractivity contribution in [2.75, 3.05) is 5.32 Å². The quantitative estimate of drug-likeness (QED) is 0.895. The molecular weight excluding hydrogens is 268 g/mol. The Morgan fingerprint density at radius 2 is 1.95 bits per heavy atom. The molecule has 0 aliphatic carbocycles. The van der Waals surface area contributed by atoms with E-state index in [1.165, 1.54) is 0 Å². The summed E-state index contributed by atoms with van der Waals surface area (Å²) in [5.41, 5.74) is 2.70. The summed E-state index contributed by atoms with van der Waals surface area (Å²) in [6.07, 6.45) is 0. The highest BCUT2D eigenvalue weighted by molar-refractivity contribution is 5.94. The highest BCUT2D eigenvalue weighted by atomic mass is 16.4. The normalized spacial score (nSPS) is 12.2. The van der Waals surface area contributed by atoms with Crippen LogP contribution in [0.2, 0.25) is 0 Å². The lowest BCUT2D eigenvalue weighted by Crippen LogP contribution is -2.14. The van der Waals surface area contributed by atoms with E-state index >= 15 is 0 Å². The highest BCUT2D eigenvalue weighted by Gasteiger charge is 2.19. The smallest absolute Gasteiger partial charge is 0.339 e. The maximum absolute atomic E-state index is 11.4. The van der Waals surface area contributed by atoms with Crippen LogP contribution >= 0.6 is 0 Å². The first-order chi connectivity index (χ1) is 9.79. The van der Waals surface area contributed by atoms with Crippen molar-refractivity contribution in [1.29, 1.82) is 0 Å². The van der Waals surface area contributed by atoms with Crippen molar-refractivity contribution in [3.8, 4) is 0 Å². The molecule has 0 aliphatic rings. The molecule has 0 aromatic carbocycles. The average Bonchev–Trinajstić information content (AvgIpc) is 2.66. The third kappa shape index (κ3) is 3.07. The third-order valence-electron chi connectivity index (χ3n) is 3.46. The lowest BCUT2D eigenvalue weighted by molar-refractivity contribution is 0.0696. The number of hydrogen-bond acceptors (Lipinski definition) is 4. The van der Waals surface area contributed by atoms with Crippen LogP contribution in [0.4, 0.5) is 5.82 Å². The summed E-state index contributed by atoms with van der Waals surface area (Å²) in [5.74, 6) is 1.08. The second-order valence-electron chi connectivity index (χ2n) is 5.34. The number of nitrogens with zero attached hydrogens (tertiary/aromatic N) is 1. The van der Waals surface area contributed by atoms with E-state index in [1.54, 1.807) is 13.0 Å². The first kappa shape index (κ1) is 15.1. The fraction of sp³-hybridized carbons (Fsp3) is 0.375. The maximum Gasteiger partial charge on any atom is 0.339 e. The van der Waals surface area contributed by atoms with Crippen LogP contribution in [0.25, 0.3) is 0 Å². The molecule has 2 aromatic heterocycles. The van der Waals surface area contributed by atoms with E-state index in [1.807, 2.05) is 33.8 Å². The molecule has 0 bridgehead atoms. The van der Waals surface area contributed by atoms with Gasteiger partial charge in [0.25, 0.3) is 0 Å². The van der Waals surface area contributed by atoms with Crippen molar-refractivity contribution in [2.24, 2.45) is 0 Å². The zero-order valence-corrected chi connectivity index (χ0v) is 12.9. The van der Waals surface area contributed by atoms with E-state index < -0.39 is 5.97 Å². The molecular formula is C16H20N2O3. The Morgan fingerprint density at radius 1 is 1.29 bits per heavy atom. The molecule has 112 valence electrons. The molecule has 1 atom stereocenters. The van der Waals surface area contributed by atoms with Crippen LogP contribution in [0.3, 0.4) is 0 Å². The van der Waals surface area contributed by atoms with Crippen molar-refractivity contribution in [1.82, 2.24) is 4.98 Å². The molecule has 0 aliphatic heterocycles. The number of aromatic carboxylic acids is 1. The number of hydrogen-bond donors (Lipinski definition) is 2. The first-order valence-electron chi connectivity index (χ1n) is 6.84. The fourth-order valence-corrected chi connectivity index (χ4v) is 2.57. The molecule has 2 heterocycles. The van der Waals surface area contributed by atoms with Crippen molar-refractivity contribution in [3.05, 3.63) is 46.0 Å². The molecule has 5 heteroatoms. The molecule has 5 nitrogen and oxygen atoms in total. The Morgan fingerprint density at radius 3 is 2.48 bits per heavy atom. The largest absolute Gasteiger partial charge is 0.478 e. The summed E-state index contributed by atoms with van der Waals surface area (Å²) in [7, 11) is 0. The van der Waals surface area contributed by atoms with E-state index in [4.69, 9.17) is 4.42 Å². The van der Waals surface area contributed by atoms with Crippen molar-refractivity contribution < 1.29 is 14.3 Å². The zero-order valence-electron chi connectivity index (χ0n) is 12.9. The second-order valence-corrected chi connectivity index (χ2v) is 5.34. The van der Waals surface area contributed by atoms with Gasteiger partial charge in [-0.05, 0) is 52.3 Å². The number of aromatic nitrogens is 1. The van der Waals surface area contributed by atoms with Gasteiger partial charge in [-0.25, -0.2) is 9.78 Å². The monoisotopic (exact) mass is 288 g/mol. The summed E-state index contributed by atoms with van der Waals surface area (Å²) in [4.78, 5) is 15.8. The lowest BCUT2D eigenvalue weighted by atomic mass is 10.1. The number of carboxylic acids is 1. The molecule has 0 saturated heterocycles. The molecule has 0 fully saturated rings. The van der Waals surface area contributed by atoms with Gasteiger partial charge in [0, 0.05) is 11.3 Å². The van der Waals surface area contributed by atoms with Gasteiger partial charge in [-0.1, -0.05) is 0 Å². The molecule has 0 radical (unpaired) electrons. The maximum atomic E-state index is 11.4. The number of aryl methyl sites for hydroxylation is 4. The van der Waals surface area contributed by atoms with Gasteiger partial charge in [-0.2, -0.15) is 0 Å². The van der Waals surface area contributed by atoms with E-state index in [9.17, 15) is 9.90 Å². The first-order valence-corrected chi connectivity index (χ1v) is 6.84. The number of nitrogens with one attached hydrogen (secondary N) is 1. The second kappa shape index (κ2) is 5.60. The Balaban J connectivity index is 2.39. The molecule has 2 N–H and O–H groups in total. The average molecular weight is 288 g/mol. The van der Waals surface area contributed by atoms with E-state index in [0.717, 1.165) is 22.8 Å². The number of pyridine rings is 1. The minimum Gasteiger partial charge on any atom is -0.478 e. The minimum atomic E-state index is -0.977. The summed E-state index contributed by atoms with van der Waals surface area (Å²) >= 11 is 0. The fourth-order valence-electron chi connectivity index (χ4n) is 2.57. The van der Waals surface area contributed by atoms with E-state index in [-0.39, 0.29) is 11.6 Å². The number of rotatable bonds is 4. The van der Waals surface area contributed by atoms with Crippen molar-refractivity contribution in [3.63, 3.8) is 0 Å². The Hall–Kier alpha value is -2.30. The topological polar surface area (TPSA) is 75.4 Å². The van der Waals surface area contributed by atoms with Gasteiger partial charge in [0.05, 0.1) is 6.04 Å². The molecule has 0 saturated carbocycles. The van der Waals surface area contributed by atoms with Crippen molar-refractivity contribution >= 4 is 11.8 Å². The van der Waals surface area contributed by atoms with Crippen LogP contribution in [0.1, 0.15) is 51.7 Å². The van der Waals surface area contributed by atoms with Gasteiger partial charge in [-0.15, -0.1) is 0 Å². The Bertz CT molecular complexity index is 689. The van der Waals surface area contributed by atoms with Gasteiger partial charge >= 0.3 is 5.97 Å². The lowest BCUT2D eigenvalue weighted by Gasteiger charge is -2.17. The van der Waals surface area contributed by atoms with Crippen molar-refractivity contribution in [2.45, 2.75) is 40.7 Å². The third-order valence-corrected chi connectivity index (χ3v) is 3.46. The predicted octanol–water partition coefficient (Wildman–Crippen LogP) is 3.78. The van der Waals surface area contributed by atoms with Gasteiger partial charge in [-0.3, -0.25) is 0 Å². The Labute approximate surface area is 124 Å². The van der Waals surface area contributed by atoms with Gasteiger partial charge in [0.2, 0.25) is 0 Å². The number of furan rings is 1. The van der Waals surface area contributed by atoms with E-state index in [2.05, 4.69) is 10.3 Å². The summed E-state index contributed by atoms with van der Waals surface area (Å²) in [5, 5.41) is 12.6. The van der Waals surface area contributed by atoms with Gasteiger partial charge < -0.3 is 14.8 Å². The van der Waals surface area contributed by atoms with Crippen LogP contribution in [-0.2, 0) is 0 Å².